The predicted octanol–water partition coefficient (Wildman–Crippen LogP) is 4.05. The van der Waals surface area contributed by atoms with Gasteiger partial charge in [-0.05, 0) is 37.0 Å². The van der Waals surface area contributed by atoms with Crippen molar-refractivity contribution in [2.45, 2.75) is 40.2 Å². The Balaban J connectivity index is 1.79. The van der Waals surface area contributed by atoms with E-state index in [-0.39, 0.29) is 12.2 Å². The summed E-state index contributed by atoms with van der Waals surface area (Å²) in [6, 6.07) is 6.14. The number of thiophene rings is 1. The lowest BCUT2D eigenvalue weighted by Crippen LogP contribution is -2.15. The molecule has 0 unspecified atom stereocenters. The van der Waals surface area contributed by atoms with Gasteiger partial charge in [-0.2, -0.15) is 0 Å². The number of esters is 1. The summed E-state index contributed by atoms with van der Waals surface area (Å²) in [6.45, 7) is 6.18. The van der Waals surface area contributed by atoms with Gasteiger partial charge in [0.15, 0.2) is 0 Å². The van der Waals surface area contributed by atoms with Crippen molar-refractivity contribution in [1.82, 2.24) is 9.97 Å². The molecule has 2 heterocycles. The SMILES string of the molecule is CC[C@@H](C)Cc1c(C)sc2nc(COC(=O)c3ccc(C=O)cc3)[nH]c(=O)c12. The second-order valence-electron chi connectivity index (χ2n) is 6.86. The highest BCUT2D eigenvalue weighted by atomic mass is 32.1. The number of ether oxygens (including phenoxy) is 1. The maximum absolute atomic E-state index is 12.6. The Morgan fingerprint density at radius 3 is 2.68 bits per heavy atom. The van der Waals surface area contributed by atoms with Gasteiger partial charge in [-0.25, -0.2) is 9.78 Å². The molecule has 1 atom stereocenters. The maximum atomic E-state index is 12.6. The number of aldehydes is 1. The molecule has 146 valence electrons. The molecule has 0 aliphatic carbocycles. The zero-order chi connectivity index (χ0) is 20.3. The minimum Gasteiger partial charge on any atom is -0.454 e. The van der Waals surface area contributed by atoms with Crippen LogP contribution in [-0.2, 0) is 17.8 Å². The lowest BCUT2D eigenvalue weighted by Gasteiger charge is -2.08. The standard InChI is InChI=1S/C21H22N2O4S/c1-4-12(2)9-16-13(3)28-20-18(16)19(25)22-17(23-20)11-27-21(26)15-7-5-14(10-24)6-8-15/h5-8,10,12H,4,9,11H2,1-3H3,(H,22,23,25)/t12-/m1/s1. The van der Waals surface area contributed by atoms with Gasteiger partial charge in [0.1, 0.15) is 23.5 Å². The van der Waals surface area contributed by atoms with Crippen molar-refractivity contribution >= 4 is 33.8 Å². The van der Waals surface area contributed by atoms with Gasteiger partial charge in [0.2, 0.25) is 0 Å². The molecule has 0 saturated heterocycles. The van der Waals surface area contributed by atoms with Crippen molar-refractivity contribution in [1.29, 1.82) is 0 Å². The van der Waals surface area contributed by atoms with Crippen molar-refractivity contribution < 1.29 is 14.3 Å². The number of carbonyl (C=O) groups is 2. The molecular weight excluding hydrogens is 376 g/mol. The van der Waals surface area contributed by atoms with Crippen molar-refractivity contribution in [3.8, 4) is 0 Å². The molecule has 7 heteroatoms. The fourth-order valence-corrected chi connectivity index (χ4v) is 4.01. The van der Waals surface area contributed by atoms with E-state index in [1.165, 1.54) is 23.5 Å². The number of aromatic nitrogens is 2. The van der Waals surface area contributed by atoms with Crippen LogP contribution in [-0.4, -0.2) is 22.2 Å². The van der Waals surface area contributed by atoms with E-state index in [9.17, 15) is 14.4 Å². The molecule has 3 aromatic rings. The van der Waals surface area contributed by atoms with Gasteiger partial charge in [0, 0.05) is 10.4 Å². The third-order valence-corrected chi connectivity index (χ3v) is 5.83. The van der Waals surface area contributed by atoms with Gasteiger partial charge in [0.25, 0.3) is 5.56 Å². The van der Waals surface area contributed by atoms with Crippen LogP contribution in [0.4, 0.5) is 0 Å². The monoisotopic (exact) mass is 398 g/mol. The average Bonchev–Trinajstić information content (AvgIpc) is 3.01. The van der Waals surface area contributed by atoms with Gasteiger partial charge in [0.05, 0.1) is 10.9 Å². The van der Waals surface area contributed by atoms with Crippen LogP contribution < -0.4 is 5.56 Å². The van der Waals surface area contributed by atoms with Crippen LogP contribution in [0.15, 0.2) is 29.1 Å². The Kier molecular flexibility index (Phi) is 6.04. The summed E-state index contributed by atoms with van der Waals surface area (Å²) >= 11 is 1.49. The van der Waals surface area contributed by atoms with E-state index < -0.39 is 5.97 Å². The first-order valence-corrected chi connectivity index (χ1v) is 9.98. The Bertz CT molecular complexity index is 1070. The highest BCUT2D eigenvalue weighted by Crippen LogP contribution is 2.29. The molecule has 0 aliphatic heterocycles. The molecule has 28 heavy (non-hydrogen) atoms. The number of hydrogen-bond donors (Lipinski definition) is 1. The third-order valence-electron chi connectivity index (χ3n) is 4.78. The molecular formula is C21H22N2O4S. The molecule has 0 spiro atoms. The lowest BCUT2D eigenvalue weighted by molar-refractivity contribution is 0.0462. The number of aryl methyl sites for hydroxylation is 1. The molecule has 3 rings (SSSR count). The van der Waals surface area contributed by atoms with Crippen LogP contribution in [0.25, 0.3) is 10.2 Å². The second-order valence-corrected chi connectivity index (χ2v) is 8.07. The van der Waals surface area contributed by atoms with Crippen LogP contribution >= 0.6 is 11.3 Å². The lowest BCUT2D eigenvalue weighted by atomic mass is 9.98. The van der Waals surface area contributed by atoms with E-state index in [0.717, 1.165) is 23.3 Å². The number of nitrogens with one attached hydrogen (secondary N) is 1. The Morgan fingerprint density at radius 2 is 2.04 bits per heavy atom. The van der Waals surface area contributed by atoms with Crippen LogP contribution in [0.5, 0.6) is 0 Å². The zero-order valence-electron chi connectivity index (χ0n) is 16.1. The van der Waals surface area contributed by atoms with Crippen LogP contribution in [0, 0.1) is 12.8 Å². The molecule has 6 nitrogen and oxygen atoms in total. The molecule has 0 saturated carbocycles. The first-order valence-electron chi connectivity index (χ1n) is 9.16. The highest BCUT2D eigenvalue weighted by Gasteiger charge is 2.17. The van der Waals surface area contributed by atoms with Gasteiger partial charge >= 0.3 is 5.97 Å². The number of carbonyl (C=O) groups excluding carboxylic acids is 2. The van der Waals surface area contributed by atoms with Crippen molar-refractivity contribution in [3.05, 3.63) is 62.0 Å². The van der Waals surface area contributed by atoms with Gasteiger partial charge in [-0.1, -0.05) is 32.4 Å². The number of H-pyrrole nitrogens is 1. The molecule has 2 aromatic heterocycles. The van der Waals surface area contributed by atoms with Gasteiger partial charge in [-0.15, -0.1) is 11.3 Å². The molecule has 0 amide bonds. The number of benzene rings is 1. The molecule has 0 bridgehead atoms. The van der Waals surface area contributed by atoms with E-state index in [1.807, 2.05) is 6.92 Å². The third kappa shape index (κ3) is 4.20. The Hall–Kier alpha value is -2.80. The number of hydrogen-bond acceptors (Lipinski definition) is 6. The second kappa shape index (κ2) is 8.48. The average molecular weight is 398 g/mol. The molecule has 0 aliphatic rings. The summed E-state index contributed by atoms with van der Waals surface area (Å²) < 4.78 is 5.26. The van der Waals surface area contributed by atoms with Crippen molar-refractivity contribution in [2.75, 3.05) is 0 Å². The van der Waals surface area contributed by atoms with Crippen molar-refractivity contribution in [2.24, 2.45) is 5.92 Å². The minimum absolute atomic E-state index is 0.128. The summed E-state index contributed by atoms with van der Waals surface area (Å²) in [5, 5.41) is 0.641. The fraction of sp³-hybridized carbons (Fsp3) is 0.333. The smallest absolute Gasteiger partial charge is 0.338 e. The van der Waals surface area contributed by atoms with E-state index in [1.54, 1.807) is 12.1 Å². The van der Waals surface area contributed by atoms with E-state index in [2.05, 4.69) is 23.8 Å². The topological polar surface area (TPSA) is 89.1 Å². The zero-order valence-corrected chi connectivity index (χ0v) is 16.9. The highest BCUT2D eigenvalue weighted by molar-refractivity contribution is 7.18. The fourth-order valence-electron chi connectivity index (χ4n) is 2.94. The van der Waals surface area contributed by atoms with Crippen LogP contribution in [0.3, 0.4) is 0 Å². The quantitative estimate of drug-likeness (QED) is 0.479. The largest absolute Gasteiger partial charge is 0.454 e. The first-order chi connectivity index (χ1) is 13.4. The number of aromatic amines is 1. The molecule has 1 aromatic carbocycles. The van der Waals surface area contributed by atoms with E-state index in [0.29, 0.717) is 39.4 Å². The van der Waals surface area contributed by atoms with E-state index in [4.69, 9.17) is 4.74 Å². The number of rotatable bonds is 7. The first kappa shape index (κ1) is 19.9. The van der Waals surface area contributed by atoms with Crippen LogP contribution in [0.2, 0.25) is 0 Å². The Labute approximate surface area is 166 Å². The summed E-state index contributed by atoms with van der Waals surface area (Å²) in [5.74, 6) is 0.258. The van der Waals surface area contributed by atoms with Crippen LogP contribution in [0.1, 0.15) is 57.2 Å². The van der Waals surface area contributed by atoms with Gasteiger partial charge < -0.3 is 9.72 Å². The molecule has 0 radical (unpaired) electrons. The summed E-state index contributed by atoms with van der Waals surface area (Å²) in [7, 11) is 0. The summed E-state index contributed by atoms with van der Waals surface area (Å²) in [5.41, 5.74) is 1.67. The number of fused-ring (bicyclic) bond motifs is 1. The van der Waals surface area contributed by atoms with Crippen molar-refractivity contribution in [3.63, 3.8) is 0 Å². The predicted molar refractivity (Wildman–Crippen MR) is 109 cm³/mol. The maximum Gasteiger partial charge on any atom is 0.338 e. The summed E-state index contributed by atoms with van der Waals surface area (Å²) in [4.78, 5) is 44.4. The van der Waals surface area contributed by atoms with E-state index >= 15 is 0 Å². The number of nitrogens with zero attached hydrogens (tertiary/aromatic N) is 1. The molecule has 0 fully saturated rings. The van der Waals surface area contributed by atoms with Gasteiger partial charge in [-0.3, -0.25) is 9.59 Å². The Morgan fingerprint density at radius 1 is 1.32 bits per heavy atom. The summed E-state index contributed by atoms with van der Waals surface area (Å²) in [6.07, 6.45) is 2.60. The molecule has 1 N–H and O–H groups in total. The minimum atomic E-state index is -0.542. The normalized spacial score (nSPS) is 12.1.